The van der Waals surface area contributed by atoms with Crippen LogP contribution in [0.5, 0.6) is 5.75 Å². The van der Waals surface area contributed by atoms with E-state index in [4.69, 9.17) is 15.7 Å². The van der Waals surface area contributed by atoms with Crippen LogP contribution in [-0.2, 0) is 6.54 Å². The molecule has 1 rings (SSSR count). The number of rotatable bonds is 8. The molecule has 0 saturated heterocycles. The van der Waals surface area contributed by atoms with E-state index in [9.17, 15) is 10.1 Å². The topological polar surface area (TPSA) is 102 Å². The molecule has 1 aromatic carbocycles. The first kappa shape index (κ1) is 16.9. The van der Waals surface area contributed by atoms with Gasteiger partial charge < -0.3 is 10.5 Å². The average Bonchev–Trinajstić information content (AvgIpc) is 2.46. The van der Waals surface area contributed by atoms with Crippen LogP contribution in [0.2, 0.25) is 0 Å². The summed E-state index contributed by atoms with van der Waals surface area (Å²) in [6, 6.07) is 6.99. The van der Waals surface area contributed by atoms with E-state index < -0.39 is 4.92 Å². The van der Waals surface area contributed by atoms with E-state index in [-0.39, 0.29) is 23.4 Å². The van der Waals surface area contributed by atoms with Gasteiger partial charge in [0.05, 0.1) is 23.0 Å². The van der Waals surface area contributed by atoms with E-state index in [0.717, 1.165) is 19.3 Å². The summed E-state index contributed by atoms with van der Waals surface area (Å²) in [6.07, 6.45) is 2.37. The van der Waals surface area contributed by atoms with Gasteiger partial charge in [-0.05, 0) is 44.7 Å². The molecule has 6 heteroatoms. The molecule has 0 aliphatic heterocycles. The standard InChI is InChI=1S/C15H21N3O3/c1-15(2,11-17)7-3-4-8-21-14-6-5-12(10-16)9-13(14)18(19)20/h5-6,9H,3-4,7-8,10,16H2,1-2H3. The van der Waals surface area contributed by atoms with Crippen LogP contribution < -0.4 is 10.5 Å². The van der Waals surface area contributed by atoms with Gasteiger partial charge in [0.2, 0.25) is 0 Å². The second kappa shape index (κ2) is 7.60. The first-order valence-corrected chi connectivity index (χ1v) is 6.91. The Kier molecular flexibility index (Phi) is 6.12. The van der Waals surface area contributed by atoms with Gasteiger partial charge in [-0.1, -0.05) is 6.07 Å². The summed E-state index contributed by atoms with van der Waals surface area (Å²) in [4.78, 5) is 10.5. The zero-order valence-electron chi connectivity index (χ0n) is 12.5. The van der Waals surface area contributed by atoms with Gasteiger partial charge in [0.15, 0.2) is 5.75 Å². The van der Waals surface area contributed by atoms with Gasteiger partial charge in [-0.25, -0.2) is 0 Å². The minimum atomic E-state index is -0.465. The van der Waals surface area contributed by atoms with Gasteiger partial charge in [0.1, 0.15) is 0 Å². The summed E-state index contributed by atoms with van der Waals surface area (Å²) in [5.74, 6) is 0.261. The Morgan fingerprint density at radius 2 is 2.14 bits per heavy atom. The van der Waals surface area contributed by atoms with Crippen molar-refractivity contribution in [3.8, 4) is 11.8 Å². The molecule has 0 radical (unpaired) electrons. The Morgan fingerprint density at radius 1 is 1.43 bits per heavy atom. The highest BCUT2D eigenvalue weighted by Crippen LogP contribution is 2.28. The van der Waals surface area contributed by atoms with Crippen LogP contribution in [0.15, 0.2) is 18.2 Å². The average molecular weight is 291 g/mol. The van der Waals surface area contributed by atoms with Crippen molar-refractivity contribution < 1.29 is 9.66 Å². The summed E-state index contributed by atoms with van der Waals surface area (Å²) in [5, 5.41) is 19.9. The van der Waals surface area contributed by atoms with Crippen molar-refractivity contribution in [2.75, 3.05) is 6.61 Å². The van der Waals surface area contributed by atoms with E-state index in [1.54, 1.807) is 12.1 Å². The lowest BCUT2D eigenvalue weighted by atomic mass is 9.89. The normalized spacial score (nSPS) is 11.0. The van der Waals surface area contributed by atoms with Crippen LogP contribution in [-0.4, -0.2) is 11.5 Å². The second-order valence-electron chi connectivity index (χ2n) is 5.56. The molecule has 0 fully saturated rings. The molecule has 6 nitrogen and oxygen atoms in total. The van der Waals surface area contributed by atoms with Crippen LogP contribution in [0.25, 0.3) is 0 Å². The van der Waals surface area contributed by atoms with Crippen molar-refractivity contribution in [3.05, 3.63) is 33.9 Å². The van der Waals surface area contributed by atoms with E-state index in [1.807, 2.05) is 13.8 Å². The number of ether oxygens (including phenoxy) is 1. The van der Waals surface area contributed by atoms with Crippen molar-refractivity contribution in [1.82, 2.24) is 0 Å². The monoisotopic (exact) mass is 291 g/mol. The highest BCUT2D eigenvalue weighted by Gasteiger charge is 2.17. The SMILES string of the molecule is CC(C)(C#N)CCCCOc1ccc(CN)cc1[N+](=O)[O-]. The number of nitrogens with two attached hydrogens (primary N) is 1. The molecule has 0 heterocycles. The third-order valence-electron chi connectivity index (χ3n) is 3.21. The van der Waals surface area contributed by atoms with Crippen LogP contribution >= 0.6 is 0 Å². The molecule has 114 valence electrons. The van der Waals surface area contributed by atoms with Crippen molar-refractivity contribution in [2.45, 2.75) is 39.7 Å². The predicted octanol–water partition coefficient (Wildman–Crippen LogP) is 3.15. The smallest absolute Gasteiger partial charge is 0.311 e. The maximum atomic E-state index is 11.0. The number of nitriles is 1. The maximum absolute atomic E-state index is 11.0. The Hall–Kier alpha value is -2.13. The molecular formula is C15H21N3O3. The summed E-state index contributed by atoms with van der Waals surface area (Å²) >= 11 is 0. The molecule has 0 aliphatic rings. The number of nitro groups is 1. The zero-order chi connectivity index (χ0) is 15.9. The lowest BCUT2D eigenvalue weighted by Crippen LogP contribution is -2.08. The van der Waals surface area contributed by atoms with Gasteiger partial charge in [0, 0.05) is 12.6 Å². The highest BCUT2D eigenvalue weighted by atomic mass is 16.6. The quantitative estimate of drug-likeness (QED) is 0.450. The molecule has 1 aromatic rings. The lowest BCUT2D eigenvalue weighted by molar-refractivity contribution is -0.385. The minimum absolute atomic E-state index is 0.0599. The summed E-state index contributed by atoms with van der Waals surface area (Å²) in [6.45, 7) is 4.43. The molecule has 0 spiro atoms. The van der Waals surface area contributed by atoms with E-state index in [0.29, 0.717) is 12.2 Å². The molecule has 0 atom stereocenters. The van der Waals surface area contributed by atoms with Gasteiger partial charge in [-0.3, -0.25) is 10.1 Å². The number of hydrogen-bond donors (Lipinski definition) is 1. The first-order valence-electron chi connectivity index (χ1n) is 6.91. The number of nitrogens with zero attached hydrogens (tertiary/aromatic N) is 2. The molecule has 0 aliphatic carbocycles. The van der Waals surface area contributed by atoms with Crippen molar-refractivity contribution in [3.63, 3.8) is 0 Å². The van der Waals surface area contributed by atoms with Gasteiger partial charge >= 0.3 is 5.69 Å². The fraction of sp³-hybridized carbons (Fsp3) is 0.533. The minimum Gasteiger partial charge on any atom is -0.487 e. The number of benzene rings is 1. The molecule has 2 N–H and O–H groups in total. The Bertz CT molecular complexity index is 535. The van der Waals surface area contributed by atoms with Crippen molar-refractivity contribution in [1.29, 1.82) is 5.26 Å². The van der Waals surface area contributed by atoms with Crippen LogP contribution in [0.4, 0.5) is 5.69 Å². The lowest BCUT2D eigenvalue weighted by Gasteiger charge is -2.14. The maximum Gasteiger partial charge on any atom is 0.311 e. The van der Waals surface area contributed by atoms with Crippen molar-refractivity contribution in [2.24, 2.45) is 11.1 Å². The summed E-state index contributed by atoms with van der Waals surface area (Å²) < 4.78 is 5.48. The Labute approximate surface area is 124 Å². The van der Waals surface area contributed by atoms with Gasteiger partial charge in [-0.2, -0.15) is 5.26 Å². The van der Waals surface area contributed by atoms with Crippen LogP contribution in [0.1, 0.15) is 38.7 Å². The third kappa shape index (κ3) is 5.40. The fourth-order valence-electron chi connectivity index (χ4n) is 1.86. The van der Waals surface area contributed by atoms with E-state index in [1.165, 1.54) is 6.07 Å². The molecule has 0 bridgehead atoms. The number of nitro benzene ring substituents is 1. The Balaban J connectivity index is 2.53. The molecule has 0 saturated carbocycles. The predicted molar refractivity (Wildman–Crippen MR) is 79.7 cm³/mol. The molecular weight excluding hydrogens is 270 g/mol. The second-order valence-corrected chi connectivity index (χ2v) is 5.56. The van der Waals surface area contributed by atoms with E-state index >= 15 is 0 Å². The Morgan fingerprint density at radius 3 is 2.71 bits per heavy atom. The number of hydrogen-bond acceptors (Lipinski definition) is 5. The van der Waals surface area contributed by atoms with Crippen LogP contribution in [0.3, 0.4) is 0 Å². The zero-order valence-corrected chi connectivity index (χ0v) is 12.5. The number of unbranched alkanes of at least 4 members (excludes halogenated alkanes) is 1. The third-order valence-corrected chi connectivity index (χ3v) is 3.21. The largest absolute Gasteiger partial charge is 0.487 e. The molecule has 0 aromatic heterocycles. The van der Waals surface area contributed by atoms with E-state index in [2.05, 4.69) is 6.07 Å². The van der Waals surface area contributed by atoms with Crippen LogP contribution in [0, 0.1) is 26.9 Å². The van der Waals surface area contributed by atoms with Gasteiger partial charge in [-0.15, -0.1) is 0 Å². The fourth-order valence-corrected chi connectivity index (χ4v) is 1.86. The van der Waals surface area contributed by atoms with Gasteiger partial charge in [0.25, 0.3) is 0 Å². The molecule has 0 amide bonds. The molecule has 0 unspecified atom stereocenters. The highest BCUT2D eigenvalue weighted by molar-refractivity contribution is 5.48. The van der Waals surface area contributed by atoms with Crippen molar-refractivity contribution >= 4 is 5.69 Å². The first-order chi connectivity index (χ1) is 9.89. The summed E-state index contributed by atoms with van der Waals surface area (Å²) in [7, 11) is 0. The summed E-state index contributed by atoms with van der Waals surface area (Å²) in [5.41, 5.74) is 5.77. The molecule has 21 heavy (non-hydrogen) atoms.